The van der Waals surface area contributed by atoms with Gasteiger partial charge in [-0.05, 0) is 19.9 Å². The zero-order chi connectivity index (χ0) is 14.0. The predicted octanol–water partition coefficient (Wildman–Crippen LogP) is 0.665. The second kappa shape index (κ2) is 5.31. The summed E-state index contributed by atoms with van der Waals surface area (Å²) in [6.07, 6.45) is -0.855. The Morgan fingerprint density at radius 3 is 2.89 bits per heavy atom. The van der Waals surface area contributed by atoms with Gasteiger partial charge in [-0.3, -0.25) is 0 Å². The van der Waals surface area contributed by atoms with Crippen molar-refractivity contribution in [3.05, 3.63) is 23.2 Å². The molecule has 0 aromatic carbocycles. The van der Waals surface area contributed by atoms with Crippen LogP contribution in [-0.4, -0.2) is 41.7 Å². The maximum atomic E-state index is 11.7. The van der Waals surface area contributed by atoms with Gasteiger partial charge in [-0.1, -0.05) is 0 Å². The fourth-order valence-electron chi connectivity index (χ4n) is 2.04. The Balaban J connectivity index is 1.90. The van der Waals surface area contributed by atoms with Crippen molar-refractivity contribution in [3.63, 3.8) is 0 Å². The lowest BCUT2D eigenvalue weighted by atomic mass is 10.1. The van der Waals surface area contributed by atoms with Crippen molar-refractivity contribution in [2.75, 3.05) is 19.6 Å². The number of aliphatic hydroxyl groups is 1. The third-order valence-corrected chi connectivity index (χ3v) is 2.99. The first-order chi connectivity index (χ1) is 8.99. The van der Waals surface area contributed by atoms with Crippen molar-refractivity contribution in [3.8, 4) is 0 Å². The van der Waals surface area contributed by atoms with E-state index in [1.54, 1.807) is 19.9 Å². The Bertz CT molecular complexity index is 497. The topological polar surface area (TPSA) is 94.8 Å². The van der Waals surface area contributed by atoms with Gasteiger partial charge in [-0.2, -0.15) is 0 Å². The smallest absolute Gasteiger partial charge is 0.325 e. The molecule has 1 aliphatic heterocycles. The molecule has 7 heteroatoms. The van der Waals surface area contributed by atoms with Crippen molar-refractivity contribution in [1.29, 1.82) is 0 Å². The van der Waals surface area contributed by atoms with Crippen LogP contribution in [0.25, 0.3) is 0 Å². The molecule has 104 valence electrons. The number of amides is 4. The molecule has 19 heavy (non-hydrogen) atoms. The van der Waals surface area contributed by atoms with E-state index in [9.17, 15) is 14.7 Å². The second-order valence-electron chi connectivity index (χ2n) is 4.45. The lowest BCUT2D eigenvalue weighted by molar-refractivity contribution is 0.164. The summed E-state index contributed by atoms with van der Waals surface area (Å²) in [4.78, 5) is 24.0. The van der Waals surface area contributed by atoms with Crippen molar-refractivity contribution in [1.82, 2.24) is 15.5 Å². The number of furan rings is 1. The number of rotatable bonds is 3. The SMILES string of the molecule is Cc1cc(C(O)CNC(=O)N2CCNC2=O)c(C)o1. The average Bonchev–Trinajstić information content (AvgIpc) is 2.91. The molecular weight excluding hydrogens is 250 g/mol. The van der Waals surface area contributed by atoms with E-state index in [4.69, 9.17) is 4.42 Å². The first-order valence-electron chi connectivity index (χ1n) is 6.07. The van der Waals surface area contributed by atoms with Crippen molar-refractivity contribution >= 4 is 12.1 Å². The van der Waals surface area contributed by atoms with Gasteiger partial charge in [0.2, 0.25) is 0 Å². The minimum Gasteiger partial charge on any atom is -0.466 e. The molecule has 0 bridgehead atoms. The van der Waals surface area contributed by atoms with Gasteiger partial charge in [0.15, 0.2) is 0 Å². The Morgan fingerprint density at radius 2 is 2.37 bits per heavy atom. The normalized spacial score (nSPS) is 16.4. The van der Waals surface area contributed by atoms with E-state index in [0.717, 1.165) is 4.90 Å². The van der Waals surface area contributed by atoms with Gasteiger partial charge in [0.25, 0.3) is 0 Å². The van der Waals surface area contributed by atoms with Crippen LogP contribution < -0.4 is 10.6 Å². The van der Waals surface area contributed by atoms with E-state index >= 15 is 0 Å². The molecular formula is C12H17N3O4. The van der Waals surface area contributed by atoms with E-state index in [0.29, 0.717) is 30.2 Å². The molecule has 1 aromatic heterocycles. The number of carbonyl (C=O) groups excluding carboxylic acids is 2. The molecule has 3 N–H and O–H groups in total. The van der Waals surface area contributed by atoms with Crippen molar-refractivity contribution in [2.24, 2.45) is 0 Å². The molecule has 0 saturated carbocycles. The Kier molecular flexibility index (Phi) is 3.75. The monoisotopic (exact) mass is 267 g/mol. The largest absolute Gasteiger partial charge is 0.466 e. The van der Waals surface area contributed by atoms with E-state index in [1.807, 2.05) is 0 Å². The summed E-state index contributed by atoms with van der Waals surface area (Å²) < 4.78 is 5.31. The van der Waals surface area contributed by atoms with Crippen LogP contribution in [0.15, 0.2) is 10.5 Å². The van der Waals surface area contributed by atoms with Gasteiger partial charge in [0.05, 0.1) is 6.10 Å². The van der Waals surface area contributed by atoms with E-state index in [1.165, 1.54) is 0 Å². The standard InChI is InChI=1S/C12H17N3O4/c1-7-5-9(8(2)19-7)10(16)6-14-12(18)15-4-3-13-11(15)17/h5,10,16H,3-4,6H2,1-2H3,(H,13,17)(H,14,18). The molecule has 1 aromatic rings. The number of carbonyl (C=O) groups is 2. The quantitative estimate of drug-likeness (QED) is 0.750. The molecule has 7 nitrogen and oxygen atoms in total. The van der Waals surface area contributed by atoms with E-state index in [-0.39, 0.29) is 6.54 Å². The van der Waals surface area contributed by atoms with Gasteiger partial charge >= 0.3 is 12.1 Å². The maximum absolute atomic E-state index is 11.7. The summed E-state index contributed by atoms with van der Waals surface area (Å²) in [7, 11) is 0. The number of hydrogen-bond acceptors (Lipinski definition) is 4. The molecule has 1 unspecified atom stereocenters. The maximum Gasteiger partial charge on any atom is 0.325 e. The molecule has 1 fully saturated rings. The zero-order valence-electron chi connectivity index (χ0n) is 10.9. The minimum absolute atomic E-state index is 0.0302. The van der Waals surface area contributed by atoms with Crippen LogP contribution in [0, 0.1) is 13.8 Å². The summed E-state index contributed by atoms with van der Waals surface area (Å²) in [6.45, 7) is 4.36. The van der Waals surface area contributed by atoms with Crippen molar-refractivity contribution in [2.45, 2.75) is 20.0 Å². The summed E-state index contributed by atoms with van der Waals surface area (Å²) in [5.74, 6) is 1.33. The summed E-state index contributed by atoms with van der Waals surface area (Å²) >= 11 is 0. The first kappa shape index (κ1) is 13.4. The first-order valence-corrected chi connectivity index (χ1v) is 6.07. The van der Waals surface area contributed by atoms with Crippen LogP contribution in [-0.2, 0) is 0 Å². The highest BCUT2D eigenvalue weighted by Gasteiger charge is 2.26. The number of aryl methyl sites for hydroxylation is 2. The Morgan fingerprint density at radius 1 is 1.63 bits per heavy atom. The Labute approximate surface area is 110 Å². The Hall–Kier alpha value is -2.02. The van der Waals surface area contributed by atoms with E-state index in [2.05, 4.69) is 10.6 Å². The summed E-state index contributed by atoms with van der Waals surface area (Å²) in [6, 6.07) is 0.809. The van der Waals surface area contributed by atoms with Crippen LogP contribution in [0.2, 0.25) is 0 Å². The fraction of sp³-hybridized carbons (Fsp3) is 0.500. The molecule has 0 aliphatic carbocycles. The number of urea groups is 2. The summed E-state index contributed by atoms with van der Waals surface area (Å²) in [5.41, 5.74) is 0.642. The molecule has 0 radical (unpaired) electrons. The minimum atomic E-state index is -0.855. The molecule has 2 heterocycles. The van der Waals surface area contributed by atoms with Crippen LogP contribution in [0.4, 0.5) is 9.59 Å². The number of nitrogens with zero attached hydrogens (tertiary/aromatic N) is 1. The van der Waals surface area contributed by atoms with Gasteiger partial charge in [0.1, 0.15) is 11.5 Å². The average molecular weight is 267 g/mol. The van der Waals surface area contributed by atoms with E-state index < -0.39 is 18.2 Å². The zero-order valence-corrected chi connectivity index (χ0v) is 10.9. The van der Waals surface area contributed by atoms with Gasteiger partial charge < -0.3 is 20.2 Å². The third-order valence-electron chi connectivity index (χ3n) is 2.99. The molecule has 2 rings (SSSR count). The highest BCUT2D eigenvalue weighted by Crippen LogP contribution is 2.20. The predicted molar refractivity (Wildman–Crippen MR) is 66.6 cm³/mol. The van der Waals surface area contributed by atoms with Crippen molar-refractivity contribution < 1.29 is 19.1 Å². The van der Waals surface area contributed by atoms with Crippen LogP contribution in [0.5, 0.6) is 0 Å². The molecule has 0 spiro atoms. The number of nitrogens with one attached hydrogen (secondary N) is 2. The molecule has 1 aliphatic rings. The van der Waals surface area contributed by atoms with Gasteiger partial charge in [0, 0.05) is 25.2 Å². The van der Waals surface area contributed by atoms with Crippen LogP contribution in [0.1, 0.15) is 23.2 Å². The molecule has 1 atom stereocenters. The van der Waals surface area contributed by atoms with Crippen LogP contribution >= 0.6 is 0 Å². The fourth-order valence-corrected chi connectivity index (χ4v) is 2.04. The highest BCUT2D eigenvalue weighted by molar-refractivity contribution is 5.94. The third kappa shape index (κ3) is 2.87. The van der Waals surface area contributed by atoms with Crippen LogP contribution in [0.3, 0.4) is 0 Å². The summed E-state index contributed by atoms with van der Waals surface area (Å²) in [5, 5.41) is 15.0. The second-order valence-corrected chi connectivity index (χ2v) is 4.45. The molecule has 4 amide bonds. The number of imide groups is 1. The number of aliphatic hydroxyl groups excluding tert-OH is 1. The number of hydrogen-bond donors (Lipinski definition) is 3. The lowest BCUT2D eigenvalue weighted by Gasteiger charge is -2.15. The molecule has 1 saturated heterocycles. The highest BCUT2D eigenvalue weighted by atomic mass is 16.3. The van der Waals surface area contributed by atoms with Gasteiger partial charge in [-0.25, -0.2) is 14.5 Å². The van der Waals surface area contributed by atoms with Gasteiger partial charge in [-0.15, -0.1) is 0 Å². The lowest BCUT2D eigenvalue weighted by Crippen LogP contribution is -2.43.